The number of nitrogens with zero attached hydrogens (tertiary/aromatic N) is 1. The fraction of sp³-hybridized carbons (Fsp3) is 0.600. The van der Waals surface area contributed by atoms with Crippen LogP contribution >= 0.6 is 34.8 Å². The first-order valence-corrected chi connectivity index (χ1v) is 8.80. The predicted molar refractivity (Wildman–Crippen MR) is 94.6 cm³/mol. The molecule has 1 amide bonds. The zero-order valence-electron chi connectivity index (χ0n) is 13.6. The summed E-state index contributed by atoms with van der Waals surface area (Å²) >= 11 is 16.9. The Hall–Kier alpha value is -1.15. The van der Waals surface area contributed by atoms with E-state index in [9.17, 15) is 9.59 Å². The molecule has 0 saturated carbocycles. The molecule has 1 N–H and O–H groups in total. The van der Waals surface area contributed by atoms with Crippen LogP contribution in [-0.4, -0.2) is 47.6 Å². The first-order chi connectivity index (χ1) is 11.8. The summed E-state index contributed by atoms with van der Waals surface area (Å²) in [7, 11) is 1.38. The van der Waals surface area contributed by atoms with Crippen LogP contribution in [0.3, 0.4) is 0 Å². The highest BCUT2D eigenvalue weighted by Crippen LogP contribution is 2.27. The minimum absolute atomic E-state index is 0.0720. The minimum atomic E-state index is -1.69. The zero-order valence-corrected chi connectivity index (χ0v) is 15.9. The highest BCUT2D eigenvalue weighted by atomic mass is 35.6. The molecule has 0 aliphatic carbocycles. The van der Waals surface area contributed by atoms with E-state index in [1.54, 1.807) is 0 Å². The van der Waals surface area contributed by atoms with Crippen molar-refractivity contribution < 1.29 is 18.7 Å². The number of halogens is 3. The van der Waals surface area contributed by atoms with Gasteiger partial charge in [0.2, 0.25) is 15.0 Å². The third-order valence-corrected chi connectivity index (χ3v) is 4.07. The summed E-state index contributed by atoms with van der Waals surface area (Å²) in [5.74, 6) is 0.408. The van der Waals surface area contributed by atoms with E-state index in [0.29, 0.717) is 5.76 Å². The van der Waals surface area contributed by atoms with E-state index in [1.807, 2.05) is 0 Å². The maximum atomic E-state index is 12.5. The Labute approximate surface area is 160 Å². The average molecular weight is 414 g/mol. The van der Waals surface area contributed by atoms with E-state index >= 15 is 0 Å². The van der Waals surface area contributed by atoms with Crippen molar-refractivity contribution in [1.82, 2.24) is 10.2 Å². The van der Waals surface area contributed by atoms with Gasteiger partial charge in [-0.3, -0.25) is 9.69 Å². The largest absolute Gasteiger partial charge is 0.490 e. The highest BCUT2D eigenvalue weighted by Gasteiger charge is 2.30. The number of piperidine rings is 1. The molecular formula is C15H19Cl3N2O5. The topological polar surface area (TPSA) is 81.0 Å². The summed E-state index contributed by atoms with van der Waals surface area (Å²) in [6.07, 6.45) is 2.06. The van der Waals surface area contributed by atoms with E-state index in [2.05, 4.69) is 5.32 Å². The highest BCUT2D eigenvalue weighted by molar-refractivity contribution is 6.67. The Morgan fingerprint density at radius 2 is 2.08 bits per heavy atom. The fourth-order valence-electron chi connectivity index (χ4n) is 2.53. The Balaban J connectivity index is 2.14. The zero-order chi connectivity index (χ0) is 18.4. The van der Waals surface area contributed by atoms with Gasteiger partial charge in [-0.1, -0.05) is 34.8 Å². The van der Waals surface area contributed by atoms with Crippen molar-refractivity contribution >= 4 is 40.9 Å². The Morgan fingerprint density at radius 1 is 1.40 bits per heavy atom. The van der Waals surface area contributed by atoms with Crippen LogP contribution in [0.15, 0.2) is 21.5 Å². The molecule has 2 heterocycles. The summed E-state index contributed by atoms with van der Waals surface area (Å²) in [5, 5.41) is 3.22. The summed E-state index contributed by atoms with van der Waals surface area (Å²) in [4.78, 5) is 25.8. The first kappa shape index (κ1) is 20.2. The molecule has 0 bridgehead atoms. The number of hydrogen-bond donors (Lipinski definition) is 1. The standard InChI is InChI=1S/C15H19Cl3N2O5/c1-23-13-8-24-11(6-12(13)21)7-20(10-2-4-19-5-3-10)14(22)25-9-15(16,17)18/h6,8,10,19H,2-5,7,9H2,1H3. The number of methoxy groups -OCH3 is 1. The van der Waals surface area contributed by atoms with Gasteiger partial charge in [0, 0.05) is 12.1 Å². The number of amides is 1. The number of nitrogens with one attached hydrogen (secondary N) is 1. The monoisotopic (exact) mass is 412 g/mol. The van der Waals surface area contributed by atoms with Crippen LogP contribution < -0.4 is 15.5 Å². The number of carbonyl (C=O) groups is 1. The quantitative estimate of drug-likeness (QED) is 0.748. The van der Waals surface area contributed by atoms with Gasteiger partial charge in [0.05, 0.1) is 13.7 Å². The first-order valence-electron chi connectivity index (χ1n) is 7.66. The van der Waals surface area contributed by atoms with Gasteiger partial charge in [-0.05, 0) is 25.9 Å². The second-order valence-corrected chi connectivity index (χ2v) is 8.07. The molecule has 0 atom stereocenters. The fourth-order valence-corrected chi connectivity index (χ4v) is 2.69. The molecule has 7 nitrogen and oxygen atoms in total. The number of ether oxygens (including phenoxy) is 2. The number of alkyl halides is 3. The Kier molecular flexibility index (Phi) is 7.25. The van der Waals surface area contributed by atoms with Crippen molar-refractivity contribution in [2.45, 2.75) is 29.2 Å². The molecule has 1 aliphatic rings. The van der Waals surface area contributed by atoms with Crippen molar-refractivity contribution in [3.8, 4) is 5.75 Å². The van der Waals surface area contributed by atoms with Crippen LogP contribution in [0.25, 0.3) is 0 Å². The van der Waals surface area contributed by atoms with Gasteiger partial charge in [-0.2, -0.15) is 0 Å². The molecule has 2 rings (SSSR count). The summed E-state index contributed by atoms with van der Waals surface area (Å²) in [6, 6.07) is 1.21. The SMILES string of the molecule is COc1coc(CN(C(=O)OCC(Cl)(Cl)Cl)C2CCNCC2)cc1=O. The lowest BCUT2D eigenvalue weighted by Crippen LogP contribution is -2.46. The van der Waals surface area contributed by atoms with Crippen LogP contribution in [0.1, 0.15) is 18.6 Å². The van der Waals surface area contributed by atoms with E-state index in [4.69, 9.17) is 48.7 Å². The molecular weight excluding hydrogens is 395 g/mol. The van der Waals surface area contributed by atoms with E-state index in [-0.39, 0.29) is 30.4 Å². The van der Waals surface area contributed by atoms with Gasteiger partial charge >= 0.3 is 6.09 Å². The van der Waals surface area contributed by atoms with Gasteiger partial charge in [-0.15, -0.1) is 0 Å². The van der Waals surface area contributed by atoms with E-state index in [1.165, 1.54) is 24.3 Å². The molecule has 25 heavy (non-hydrogen) atoms. The number of hydrogen-bond acceptors (Lipinski definition) is 6. The summed E-state index contributed by atoms with van der Waals surface area (Å²) in [6.45, 7) is 1.24. The lowest BCUT2D eigenvalue weighted by atomic mass is 10.1. The van der Waals surface area contributed by atoms with Gasteiger partial charge in [0.25, 0.3) is 0 Å². The second-order valence-electron chi connectivity index (χ2n) is 5.56. The van der Waals surface area contributed by atoms with Gasteiger partial charge in [-0.25, -0.2) is 4.79 Å². The third-order valence-electron chi connectivity index (χ3n) is 3.74. The number of carbonyl (C=O) groups excluding carboxylic acids is 1. The smallest absolute Gasteiger partial charge is 0.410 e. The lowest BCUT2D eigenvalue weighted by molar-refractivity contribution is 0.0727. The Morgan fingerprint density at radius 3 is 2.64 bits per heavy atom. The number of rotatable bonds is 5. The molecule has 140 valence electrons. The summed E-state index contributed by atoms with van der Waals surface area (Å²) in [5.41, 5.74) is -0.330. The molecule has 1 aromatic rings. The molecule has 0 unspecified atom stereocenters. The molecule has 10 heteroatoms. The maximum absolute atomic E-state index is 12.5. The predicted octanol–water partition coefficient (Wildman–Crippen LogP) is 2.71. The van der Waals surface area contributed by atoms with Crippen LogP contribution in [0, 0.1) is 0 Å². The van der Waals surface area contributed by atoms with Crippen LogP contribution in [0.5, 0.6) is 5.75 Å². The van der Waals surface area contributed by atoms with E-state index in [0.717, 1.165) is 25.9 Å². The molecule has 0 aromatic carbocycles. The van der Waals surface area contributed by atoms with Crippen molar-refractivity contribution in [2.24, 2.45) is 0 Å². The molecule has 1 aliphatic heterocycles. The van der Waals surface area contributed by atoms with Gasteiger partial charge < -0.3 is 19.2 Å². The summed E-state index contributed by atoms with van der Waals surface area (Å²) < 4.78 is 13.7. The van der Waals surface area contributed by atoms with Crippen LogP contribution in [0.2, 0.25) is 0 Å². The van der Waals surface area contributed by atoms with Crippen molar-refractivity contribution in [3.05, 3.63) is 28.3 Å². The van der Waals surface area contributed by atoms with Crippen LogP contribution in [0.4, 0.5) is 4.79 Å². The van der Waals surface area contributed by atoms with Gasteiger partial charge in [0.15, 0.2) is 0 Å². The molecule has 0 spiro atoms. The average Bonchev–Trinajstić information content (AvgIpc) is 2.58. The molecule has 0 radical (unpaired) electrons. The third kappa shape index (κ3) is 6.26. The maximum Gasteiger partial charge on any atom is 0.410 e. The van der Waals surface area contributed by atoms with Crippen LogP contribution in [-0.2, 0) is 11.3 Å². The minimum Gasteiger partial charge on any atom is -0.490 e. The van der Waals surface area contributed by atoms with Crippen molar-refractivity contribution in [2.75, 3.05) is 26.8 Å². The molecule has 1 fully saturated rings. The van der Waals surface area contributed by atoms with E-state index < -0.39 is 9.89 Å². The van der Waals surface area contributed by atoms with Crippen molar-refractivity contribution in [1.29, 1.82) is 0 Å². The lowest BCUT2D eigenvalue weighted by Gasteiger charge is -2.33. The van der Waals surface area contributed by atoms with Crippen molar-refractivity contribution in [3.63, 3.8) is 0 Å². The second kappa shape index (κ2) is 8.98. The Bertz CT molecular complexity index is 641. The molecule has 1 saturated heterocycles. The molecule has 1 aromatic heterocycles. The normalized spacial score (nSPS) is 15.7. The van der Waals surface area contributed by atoms with Gasteiger partial charge in [0.1, 0.15) is 18.6 Å².